The van der Waals surface area contributed by atoms with Gasteiger partial charge in [-0.3, -0.25) is 24.1 Å². The molecule has 0 aliphatic carbocycles. The number of nitrogens with zero attached hydrogens (tertiary/aromatic N) is 1. The van der Waals surface area contributed by atoms with Gasteiger partial charge in [0.2, 0.25) is 5.91 Å². The smallest absolute Gasteiger partial charge is 0.294 e. The van der Waals surface area contributed by atoms with Crippen molar-refractivity contribution in [3.05, 3.63) is 86.2 Å². The Morgan fingerprint density at radius 3 is 2.48 bits per heavy atom. The van der Waals surface area contributed by atoms with Crippen LogP contribution < -0.4 is 20.1 Å². The van der Waals surface area contributed by atoms with Gasteiger partial charge in [-0.25, -0.2) is 0 Å². The Bertz CT molecular complexity index is 1530. The number of methoxy groups -OCH3 is 1. The summed E-state index contributed by atoms with van der Waals surface area (Å²) in [7, 11) is 1.45. The summed E-state index contributed by atoms with van der Waals surface area (Å²) in [6, 6.07) is 17.1. The highest BCUT2D eigenvalue weighted by Crippen LogP contribution is 2.34. The third kappa shape index (κ3) is 7.44. The van der Waals surface area contributed by atoms with Gasteiger partial charge < -0.3 is 20.1 Å². The highest BCUT2D eigenvalue weighted by molar-refractivity contribution is 9.10. The van der Waals surface area contributed by atoms with Gasteiger partial charge in [0.1, 0.15) is 6.54 Å². The van der Waals surface area contributed by atoms with Crippen molar-refractivity contribution in [2.24, 2.45) is 0 Å². The average Bonchev–Trinajstić information content (AvgIpc) is 3.17. The number of aryl methyl sites for hydroxylation is 1. The number of carbonyl (C=O) groups is 4. The minimum Gasteiger partial charge on any atom is -0.493 e. The molecule has 40 heavy (non-hydrogen) atoms. The van der Waals surface area contributed by atoms with Gasteiger partial charge in [-0.2, -0.15) is 0 Å². The van der Waals surface area contributed by atoms with E-state index in [1.54, 1.807) is 42.5 Å². The number of carbonyl (C=O) groups excluding carboxylic acids is 4. The Morgan fingerprint density at radius 1 is 1.00 bits per heavy atom. The Hall–Kier alpha value is -3.80. The Morgan fingerprint density at radius 2 is 1.75 bits per heavy atom. The van der Waals surface area contributed by atoms with Crippen LogP contribution in [0.15, 0.2) is 70.0 Å². The summed E-state index contributed by atoms with van der Waals surface area (Å²) in [5.41, 5.74) is 2.68. The Balaban J connectivity index is 1.38. The van der Waals surface area contributed by atoms with E-state index in [0.717, 1.165) is 22.2 Å². The van der Waals surface area contributed by atoms with Crippen molar-refractivity contribution >= 4 is 79.7 Å². The summed E-state index contributed by atoms with van der Waals surface area (Å²) in [4.78, 5) is 51.2. The van der Waals surface area contributed by atoms with E-state index in [-0.39, 0.29) is 17.4 Å². The molecular weight excluding hydrogens is 622 g/mol. The van der Waals surface area contributed by atoms with Crippen molar-refractivity contribution in [1.29, 1.82) is 0 Å². The molecule has 2 N–H and O–H groups in total. The highest BCUT2D eigenvalue weighted by atomic mass is 79.9. The van der Waals surface area contributed by atoms with Gasteiger partial charge in [0.25, 0.3) is 17.1 Å². The molecule has 206 valence electrons. The summed E-state index contributed by atoms with van der Waals surface area (Å²) in [5, 5.41) is 5.23. The summed E-state index contributed by atoms with van der Waals surface area (Å²) in [6.07, 6.45) is 1.52. The second kappa shape index (κ2) is 13.0. The number of imide groups is 1. The lowest BCUT2D eigenvalue weighted by molar-refractivity contribution is -0.127. The van der Waals surface area contributed by atoms with E-state index in [2.05, 4.69) is 26.6 Å². The lowest BCUT2D eigenvalue weighted by atomic mass is 10.2. The molecule has 12 heteroatoms. The van der Waals surface area contributed by atoms with E-state index in [0.29, 0.717) is 37.9 Å². The Kier molecular flexibility index (Phi) is 9.51. The highest BCUT2D eigenvalue weighted by Gasteiger charge is 2.36. The molecule has 1 saturated heterocycles. The van der Waals surface area contributed by atoms with Gasteiger partial charge in [0.15, 0.2) is 18.1 Å². The topological polar surface area (TPSA) is 114 Å². The van der Waals surface area contributed by atoms with Gasteiger partial charge in [-0.05, 0) is 94.3 Å². The number of benzene rings is 3. The van der Waals surface area contributed by atoms with Crippen LogP contribution >= 0.6 is 39.3 Å². The molecule has 3 aromatic rings. The summed E-state index contributed by atoms with van der Waals surface area (Å²) < 4.78 is 11.7. The van der Waals surface area contributed by atoms with Crippen LogP contribution in [-0.2, 0) is 14.4 Å². The number of hydrogen-bond acceptors (Lipinski definition) is 7. The standard InChI is InChI=1S/C28H23BrClN3O6S/c1-16-4-3-5-18(10-16)32-26(35)15-39-22-9-6-17(11-23(22)38-2)12-24-27(36)33(28(37)40-24)14-25(34)31-19-7-8-20(29)21(30)13-19/h3-13H,14-15H2,1-2H3,(H,31,34)(H,32,35)/b24-12+. The number of rotatable bonds is 9. The third-order valence-corrected chi connectivity index (χ3v) is 7.66. The van der Waals surface area contributed by atoms with Crippen LogP contribution in [0.4, 0.5) is 16.2 Å². The molecule has 0 unspecified atom stereocenters. The maximum atomic E-state index is 12.9. The fourth-order valence-electron chi connectivity index (χ4n) is 3.66. The van der Waals surface area contributed by atoms with Crippen LogP contribution in [0.3, 0.4) is 0 Å². The monoisotopic (exact) mass is 643 g/mol. The van der Waals surface area contributed by atoms with Gasteiger partial charge >= 0.3 is 0 Å². The second-order valence-electron chi connectivity index (χ2n) is 8.56. The van der Waals surface area contributed by atoms with Gasteiger partial charge in [-0.1, -0.05) is 29.8 Å². The molecular formula is C28H23BrClN3O6S. The normalized spacial score (nSPS) is 13.9. The summed E-state index contributed by atoms with van der Waals surface area (Å²) >= 11 is 10.0. The maximum Gasteiger partial charge on any atom is 0.294 e. The first-order valence-electron chi connectivity index (χ1n) is 11.8. The van der Waals surface area contributed by atoms with Crippen LogP contribution in [0, 0.1) is 6.92 Å². The number of hydrogen-bond donors (Lipinski definition) is 2. The van der Waals surface area contributed by atoms with Crippen molar-refractivity contribution in [2.75, 3.05) is 30.9 Å². The quantitative estimate of drug-likeness (QED) is 0.270. The number of nitrogens with one attached hydrogen (secondary N) is 2. The van der Waals surface area contributed by atoms with Crippen LogP contribution in [0.5, 0.6) is 11.5 Å². The largest absolute Gasteiger partial charge is 0.493 e. The zero-order valence-electron chi connectivity index (χ0n) is 21.3. The van der Waals surface area contributed by atoms with Gasteiger partial charge in [-0.15, -0.1) is 0 Å². The SMILES string of the molecule is COc1cc(/C=C2/SC(=O)N(CC(=O)Nc3ccc(Br)c(Cl)c3)C2=O)ccc1OCC(=O)Nc1cccc(C)c1. The van der Waals surface area contributed by atoms with E-state index in [1.165, 1.54) is 13.2 Å². The molecule has 1 aliphatic heterocycles. The minimum absolute atomic E-state index is 0.151. The van der Waals surface area contributed by atoms with E-state index in [9.17, 15) is 19.2 Å². The molecule has 4 rings (SSSR count). The van der Waals surface area contributed by atoms with Crippen molar-refractivity contribution in [1.82, 2.24) is 4.90 Å². The van der Waals surface area contributed by atoms with E-state index < -0.39 is 23.6 Å². The first-order chi connectivity index (χ1) is 19.1. The molecule has 0 bridgehead atoms. The van der Waals surface area contributed by atoms with Gasteiger partial charge in [0.05, 0.1) is 17.0 Å². The molecule has 1 fully saturated rings. The van der Waals surface area contributed by atoms with Crippen molar-refractivity contribution in [3.63, 3.8) is 0 Å². The molecule has 4 amide bonds. The minimum atomic E-state index is -0.592. The first-order valence-corrected chi connectivity index (χ1v) is 13.8. The fourth-order valence-corrected chi connectivity index (χ4v) is 4.93. The zero-order chi connectivity index (χ0) is 28.8. The molecule has 0 spiro atoms. The Labute approximate surface area is 248 Å². The molecule has 0 atom stereocenters. The fraction of sp³-hybridized carbons (Fsp3) is 0.143. The molecule has 0 radical (unpaired) electrons. The van der Waals surface area contributed by atoms with E-state index in [4.69, 9.17) is 21.1 Å². The number of anilines is 2. The molecule has 1 heterocycles. The van der Waals surface area contributed by atoms with Gasteiger partial charge in [0, 0.05) is 15.8 Å². The second-order valence-corrected chi connectivity index (χ2v) is 10.8. The van der Waals surface area contributed by atoms with Crippen LogP contribution in [0.25, 0.3) is 6.08 Å². The number of ether oxygens (including phenoxy) is 2. The van der Waals surface area contributed by atoms with Crippen LogP contribution in [0.2, 0.25) is 5.02 Å². The lowest BCUT2D eigenvalue weighted by Crippen LogP contribution is -2.36. The third-order valence-electron chi connectivity index (χ3n) is 5.52. The molecule has 0 saturated carbocycles. The molecule has 0 aromatic heterocycles. The van der Waals surface area contributed by atoms with Crippen LogP contribution in [0.1, 0.15) is 11.1 Å². The van der Waals surface area contributed by atoms with Crippen molar-refractivity contribution < 1.29 is 28.7 Å². The predicted molar refractivity (Wildman–Crippen MR) is 159 cm³/mol. The van der Waals surface area contributed by atoms with Crippen molar-refractivity contribution in [3.8, 4) is 11.5 Å². The zero-order valence-corrected chi connectivity index (χ0v) is 24.5. The number of thioether (sulfide) groups is 1. The average molecular weight is 645 g/mol. The van der Waals surface area contributed by atoms with Crippen LogP contribution in [-0.4, -0.2) is 48.1 Å². The lowest BCUT2D eigenvalue weighted by Gasteiger charge is -2.13. The summed E-state index contributed by atoms with van der Waals surface area (Å²) in [6.45, 7) is 1.24. The van der Waals surface area contributed by atoms with Crippen molar-refractivity contribution in [2.45, 2.75) is 6.92 Å². The molecule has 1 aliphatic rings. The first kappa shape index (κ1) is 29.2. The molecule has 3 aromatic carbocycles. The van der Waals surface area contributed by atoms with E-state index >= 15 is 0 Å². The maximum absolute atomic E-state index is 12.9. The van der Waals surface area contributed by atoms with E-state index in [1.807, 2.05) is 25.1 Å². The summed E-state index contributed by atoms with van der Waals surface area (Å²) in [5.74, 6) is -0.805. The molecule has 9 nitrogen and oxygen atoms in total. The predicted octanol–water partition coefficient (Wildman–Crippen LogP) is 6.11. The number of amides is 4. The number of halogens is 2.